The number of benzene rings is 1. The molecule has 0 spiro atoms. The second-order valence-electron chi connectivity index (χ2n) is 6.01. The average Bonchev–Trinajstić information content (AvgIpc) is 2.46. The van der Waals surface area contributed by atoms with Crippen LogP contribution in [0.25, 0.3) is 0 Å². The van der Waals surface area contributed by atoms with Crippen LogP contribution in [0.15, 0.2) is 24.3 Å². The first kappa shape index (κ1) is 18.1. The molecule has 0 saturated carbocycles. The van der Waals surface area contributed by atoms with Gasteiger partial charge in [0, 0.05) is 19.3 Å². The zero-order valence-corrected chi connectivity index (χ0v) is 13.7. The molecule has 1 atom stereocenters. The molecule has 1 unspecified atom stereocenters. The fourth-order valence-electron chi connectivity index (χ4n) is 2.23. The zero-order chi connectivity index (χ0) is 15.5. The maximum absolute atomic E-state index is 13.0. The first-order valence-corrected chi connectivity index (χ1v) is 8.17. The van der Waals surface area contributed by atoms with E-state index in [1.54, 1.807) is 12.1 Å². The van der Waals surface area contributed by atoms with E-state index < -0.39 is 0 Å². The molecule has 1 aromatic rings. The lowest BCUT2D eigenvalue weighted by Crippen LogP contribution is -2.30. The number of nitrogens with one attached hydrogen (secondary N) is 1. The standard InChI is InChI=1S/C18H30FNO/c1-4-5-11-21-12-10-17(14-20-15(2)3)13-16-6-8-18(19)9-7-16/h6-9,15,17,20H,4-5,10-14H2,1-3H3. The van der Waals surface area contributed by atoms with Crippen molar-refractivity contribution < 1.29 is 9.13 Å². The van der Waals surface area contributed by atoms with E-state index in [-0.39, 0.29) is 5.82 Å². The molecule has 0 aliphatic rings. The summed E-state index contributed by atoms with van der Waals surface area (Å²) in [4.78, 5) is 0. The molecule has 0 radical (unpaired) electrons. The van der Waals surface area contributed by atoms with Gasteiger partial charge >= 0.3 is 0 Å². The molecule has 1 aromatic carbocycles. The van der Waals surface area contributed by atoms with Crippen LogP contribution in [-0.4, -0.2) is 25.8 Å². The highest BCUT2D eigenvalue weighted by Gasteiger charge is 2.11. The molecule has 0 heterocycles. The Hall–Kier alpha value is -0.930. The maximum Gasteiger partial charge on any atom is 0.123 e. The summed E-state index contributed by atoms with van der Waals surface area (Å²) in [6.07, 6.45) is 4.32. The quantitative estimate of drug-likeness (QED) is 0.618. The van der Waals surface area contributed by atoms with Crippen LogP contribution >= 0.6 is 0 Å². The monoisotopic (exact) mass is 295 g/mol. The van der Waals surface area contributed by atoms with E-state index >= 15 is 0 Å². The average molecular weight is 295 g/mol. The topological polar surface area (TPSA) is 21.3 Å². The summed E-state index contributed by atoms with van der Waals surface area (Å²) in [5.74, 6) is 0.359. The molecular weight excluding hydrogens is 265 g/mol. The molecule has 2 nitrogen and oxygen atoms in total. The van der Waals surface area contributed by atoms with E-state index in [9.17, 15) is 4.39 Å². The number of hydrogen-bond acceptors (Lipinski definition) is 2. The van der Waals surface area contributed by atoms with Crippen LogP contribution in [0.3, 0.4) is 0 Å². The summed E-state index contributed by atoms with van der Waals surface area (Å²) in [5, 5.41) is 3.50. The third-order valence-electron chi connectivity index (χ3n) is 3.57. The summed E-state index contributed by atoms with van der Waals surface area (Å²) >= 11 is 0. The number of halogens is 1. The highest BCUT2D eigenvalue weighted by atomic mass is 19.1. The van der Waals surface area contributed by atoms with Crippen molar-refractivity contribution in [3.63, 3.8) is 0 Å². The summed E-state index contributed by atoms with van der Waals surface area (Å²) < 4.78 is 18.6. The second kappa shape index (κ2) is 10.7. The van der Waals surface area contributed by atoms with Crippen molar-refractivity contribution in [3.8, 4) is 0 Å². The minimum atomic E-state index is -0.168. The minimum absolute atomic E-state index is 0.168. The lowest BCUT2D eigenvalue weighted by atomic mass is 9.96. The fourth-order valence-corrected chi connectivity index (χ4v) is 2.23. The van der Waals surface area contributed by atoms with Gasteiger partial charge in [-0.2, -0.15) is 0 Å². The summed E-state index contributed by atoms with van der Waals surface area (Å²) in [7, 11) is 0. The van der Waals surface area contributed by atoms with E-state index in [0.29, 0.717) is 12.0 Å². The van der Waals surface area contributed by atoms with Crippen LogP contribution in [0.4, 0.5) is 4.39 Å². The van der Waals surface area contributed by atoms with Gasteiger partial charge in [-0.3, -0.25) is 0 Å². The fraction of sp³-hybridized carbons (Fsp3) is 0.667. The first-order valence-electron chi connectivity index (χ1n) is 8.17. The van der Waals surface area contributed by atoms with Gasteiger partial charge in [0.05, 0.1) is 0 Å². The second-order valence-corrected chi connectivity index (χ2v) is 6.01. The van der Waals surface area contributed by atoms with Crippen LogP contribution < -0.4 is 5.32 Å². The Labute approximate surface area is 129 Å². The third-order valence-corrected chi connectivity index (χ3v) is 3.57. The summed E-state index contributed by atoms with van der Waals surface area (Å²) in [6.45, 7) is 9.14. The molecular formula is C18H30FNO. The summed E-state index contributed by atoms with van der Waals surface area (Å²) in [6, 6.07) is 7.34. The van der Waals surface area contributed by atoms with Crippen LogP contribution in [0.5, 0.6) is 0 Å². The van der Waals surface area contributed by atoms with Gasteiger partial charge in [-0.05, 0) is 49.4 Å². The van der Waals surface area contributed by atoms with Crippen LogP contribution in [0.2, 0.25) is 0 Å². The Morgan fingerprint density at radius 3 is 2.48 bits per heavy atom. The van der Waals surface area contributed by atoms with Gasteiger partial charge in [0.15, 0.2) is 0 Å². The van der Waals surface area contributed by atoms with Crippen LogP contribution in [-0.2, 0) is 11.2 Å². The molecule has 1 N–H and O–H groups in total. The van der Waals surface area contributed by atoms with Crippen molar-refractivity contribution in [2.24, 2.45) is 5.92 Å². The van der Waals surface area contributed by atoms with Crippen LogP contribution in [0.1, 0.15) is 45.6 Å². The Morgan fingerprint density at radius 1 is 1.14 bits per heavy atom. The van der Waals surface area contributed by atoms with E-state index in [0.717, 1.165) is 39.0 Å². The van der Waals surface area contributed by atoms with Crippen molar-refractivity contribution in [2.45, 2.75) is 52.5 Å². The van der Waals surface area contributed by atoms with Gasteiger partial charge in [-0.25, -0.2) is 4.39 Å². The molecule has 0 amide bonds. The van der Waals surface area contributed by atoms with Gasteiger partial charge in [0.1, 0.15) is 5.82 Å². The van der Waals surface area contributed by atoms with Crippen molar-refractivity contribution in [1.29, 1.82) is 0 Å². The predicted octanol–water partition coefficient (Wildman–Crippen LogP) is 4.19. The largest absolute Gasteiger partial charge is 0.381 e. The third kappa shape index (κ3) is 8.84. The Balaban J connectivity index is 2.41. The van der Waals surface area contributed by atoms with E-state index in [1.165, 1.54) is 12.0 Å². The smallest absolute Gasteiger partial charge is 0.123 e. The highest BCUT2D eigenvalue weighted by Crippen LogP contribution is 2.13. The lowest BCUT2D eigenvalue weighted by molar-refractivity contribution is 0.116. The van der Waals surface area contributed by atoms with Gasteiger partial charge in [-0.15, -0.1) is 0 Å². The van der Waals surface area contributed by atoms with Crippen molar-refractivity contribution >= 4 is 0 Å². The van der Waals surface area contributed by atoms with Gasteiger partial charge < -0.3 is 10.1 Å². The zero-order valence-electron chi connectivity index (χ0n) is 13.7. The molecule has 0 bridgehead atoms. The van der Waals surface area contributed by atoms with Gasteiger partial charge in [-0.1, -0.05) is 39.3 Å². The Bertz CT molecular complexity index is 364. The molecule has 0 fully saturated rings. The summed E-state index contributed by atoms with van der Waals surface area (Å²) in [5.41, 5.74) is 1.19. The van der Waals surface area contributed by atoms with E-state index in [2.05, 4.69) is 26.1 Å². The molecule has 120 valence electrons. The molecule has 0 aliphatic carbocycles. The van der Waals surface area contributed by atoms with Crippen LogP contribution in [0, 0.1) is 11.7 Å². The number of hydrogen-bond donors (Lipinski definition) is 1. The van der Waals surface area contributed by atoms with Gasteiger partial charge in [0.25, 0.3) is 0 Å². The maximum atomic E-state index is 13.0. The van der Waals surface area contributed by atoms with Gasteiger partial charge in [0.2, 0.25) is 0 Å². The molecule has 0 aliphatic heterocycles. The Morgan fingerprint density at radius 2 is 1.86 bits per heavy atom. The lowest BCUT2D eigenvalue weighted by Gasteiger charge is -2.19. The van der Waals surface area contributed by atoms with Crippen molar-refractivity contribution in [1.82, 2.24) is 5.32 Å². The van der Waals surface area contributed by atoms with Crippen molar-refractivity contribution in [3.05, 3.63) is 35.6 Å². The first-order chi connectivity index (χ1) is 10.1. The molecule has 3 heteroatoms. The Kier molecular flexibility index (Phi) is 9.27. The van der Waals surface area contributed by atoms with E-state index in [4.69, 9.17) is 4.74 Å². The molecule has 1 rings (SSSR count). The highest BCUT2D eigenvalue weighted by molar-refractivity contribution is 5.16. The molecule has 21 heavy (non-hydrogen) atoms. The van der Waals surface area contributed by atoms with Crippen molar-refractivity contribution in [2.75, 3.05) is 19.8 Å². The molecule has 0 aromatic heterocycles. The number of ether oxygens (including phenoxy) is 1. The van der Waals surface area contributed by atoms with E-state index in [1.807, 2.05) is 12.1 Å². The predicted molar refractivity (Wildman–Crippen MR) is 87.1 cm³/mol. The SMILES string of the molecule is CCCCOCCC(CNC(C)C)Cc1ccc(F)cc1. The molecule has 0 saturated heterocycles. The minimum Gasteiger partial charge on any atom is -0.381 e. The number of rotatable bonds is 11. The number of unbranched alkanes of at least 4 members (excludes halogenated alkanes) is 1. The normalized spacial score (nSPS) is 12.8.